The van der Waals surface area contributed by atoms with Gasteiger partial charge in [-0.2, -0.15) is 5.10 Å². The van der Waals surface area contributed by atoms with Crippen LogP contribution in [0.1, 0.15) is 34.2 Å². The first-order valence-electron chi connectivity index (χ1n) is 7.87. The Morgan fingerprint density at radius 3 is 2.35 bits per heavy atom. The Kier molecular flexibility index (Phi) is 5.08. The molecule has 0 spiro atoms. The minimum atomic E-state index is -0.0398. The molecule has 0 unspecified atom stereocenters. The largest absolute Gasteiger partial charge is 0.378 e. The fourth-order valence-electron chi connectivity index (χ4n) is 2.69. The molecular weight excluding hydrogens is 288 g/mol. The van der Waals surface area contributed by atoms with Crippen LogP contribution in [0.2, 0.25) is 0 Å². The molecule has 1 aromatic heterocycles. The van der Waals surface area contributed by atoms with Crippen LogP contribution in [0.3, 0.4) is 0 Å². The Balaban J connectivity index is 2.02. The average molecular weight is 314 g/mol. The minimum absolute atomic E-state index is 0.0398. The van der Waals surface area contributed by atoms with Crippen LogP contribution >= 0.6 is 0 Å². The van der Waals surface area contributed by atoms with E-state index in [0.717, 1.165) is 23.5 Å². The zero-order valence-electron chi connectivity index (χ0n) is 14.8. The molecule has 0 aliphatic carbocycles. The summed E-state index contributed by atoms with van der Waals surface area (Å²) in [4.78, 5) is 14.4. The van der Waals surface area contributed by atoms with Gasteiger partial charge in [0.2, 0.25) is 0 Å². The Morgan fingerprint density at radius 1 is 1.26 bits per heavy atom. The van der Waals surface area contributed by atoms with Crippen molar-refractivity contribution in [3.05, 3.63) is 46.8 Å². The fraction of sp³-hybridized carbons (Fsp3) is 0.444. The smallest absolute Gasteiger partial charge is 0.251 e. The van der Waals surface area contributed by atoms with Crippen LogP contribution in [0.5, 0.6) is 0 Å². The van der Waals surface area contributed by atoms with Crippen LogP contribution in [-0.2, 0) is 13.5 Å². The molecule has 1 aromatic carbocycles. The lowest BCUT2D eigenvalue weighted by Gasteiger charge is -2.16. The van der Waals surface area contributed by atoms with Gasteiger partial charge in [0.1, 0.15) is 0 Å². The highest BCUT2D eigenvalue weighted by atomic mass is 16.1. The molecule has 0 radical (unpaired) electrons. The van der Waals surface area contributed by atoms with E-state index in [9.17, 15) is 4.79 Å². The Hall–Kier alpha value is -2.30. The van der Waals surface area contributed by atoms with Crippen molar-refractivity contribution in [1.29, 1.82) is 0 Å². The molecular formula is C18H26N4O. The van der Waals surface area contributed by atoms with Crippen molar-refractivity contribution in [2.24, 2.45) is 7.05 Å². The molecule has 1 atom stereocenters. The summed E-state index contributed by atoms with van der Waals surface area (Å²) in [6.45, 7) is 6.10. The van der Waals surface area contributed by atoms with Gasteiger partial charge >= 0.3 is 0 Å². The highest BCUT2D eigenvalue weighted by molar-refractivity contribution is 5.94. The molecule has 1 N–H and O–H groups in total. The number of nitrogens with one attached hydrogen (secondary N) is 1. The van der Waals surface area contributed by atoms with Crippen molar-refractivity contribution >= 4 is 11.6 Å². The van der Waals surface area contributed by atoms with Crippen molar-refractivity contribution in [1.82, 2.24) is 15.1 Å². The van der Waals surface area contributed by atoms with E-state index in [1.165, 1.54) is 5.56 Å². The number of amides is 1. The first-order chi connectivity index (χ1) is 10.8. The average Bonchev–Trinajstić information content (AvgIpc) is 2.73. The zero-order chi connectivity index (χ0) is 17.1. The molecule has 2 aromatic rings. The summed E-state index contributed by atoms with van der Waals surface area (Å²) in [5, 5.41) is 7.49. The maximum absolute atomic E-state index is 12.4. The Morgan fingerprint density at radius 2 is 1.87 bits per heavy atom. The predicted octanol–water partition coefficient (Wildman–Crippen LogP) is 2.46. The molecule has 0 bridgehead atoms. The summed E-state index contributed by atoms with van der Waals surface area (Å²) in [7, 11) is 5.91. The van der Waals surface area contributed by atoms with Gasteiger partial charge in [0.15, 0.2) is 0 Å². The van der Waals surface area contributed by atoms with E-state index in [-0.39, 0.29) is 11.9 Å². The van der Waals surface area contributed by atoms with Gasteiger partial charge in [0.25, 0.3) is 5.91 Å². The van der Waals surface area contributed by atoms with Crippen LogP contribution < -0.4 is 10.2 Å². The molecule has 1 heterocycles. The van der Waals surface area contributed by atoms with Crippen LogP contribution in [0.25, 0.3) is 0 Å². The van der Waals surface area contributed by atoms with Gasteiger partial charge in [-0.3, -0.25) is 9.48 Å². The highest BCUT2D eigenvalue weighted by Crippen LogP contribution is 2.15. The van der Waals surface area contributed by atoms with Crippen molar-refractivity contribution < 1.29 is 4.79 Å². The summed E-state index contributed by atoms with van der Waals surface area (Å²) in [6.07, 6.45) is 0.785. The predicted molar refractivity (Wildman–Crippen MR) is 94.1 cm³/mol. The lowest BCUT2D eigenvalue weighted by molar-refractivity contribution is 0.0940. The maximum atomic E-state index is 12.4. The van der Waals surface area contributed by atoms with E-state index in [4.69, 9.17) is 0 Å². The highest BCUT2D eigenvalue weighted by Gasteiger charge is 2.15. The number of rotatable bonds is 5. The number of carbonyl (C=O) groups excluding carboxylic acids is 1. The lowest BCUT2D eigenvalue weighted by Crippen LogP contribution is -2.34. The second kappa shape index (κ2) is 6.86. The number of nitrogens with zero attached hydrogens (tertiary/aromatic N) is 3. The van der Waals surface area contributed by atoms with Crippen LogP contribution in [0, 0.1) is 13.8 Å². The first kappa shape index (κ1) is 17.1. The third kappa shape index (κ3) is 3.92. The summed E-state index contributed by atoms with van der Waals surface area (Å²) in [5.74, 6) is -0.0398. The lowest BCUT2D eigenvalue weighted by atomic mass is 10.0. The number of anilines is 1. The van der Waals surface area contributed by atoms with E-state index in [2.05, 4.69) is 17.3 Å². The van der Waals surface area contributed by atoms with Gasteiger partial charge in [-0.1, -0.05) is 0 Å². The van der Waals surface area contributed by atoms with Gasteiger partial charge in [0.05, 0.1) is 5.69 Å². The fourth-order valence-corrected chi connectivity index (χ4v) is 2.69. The molecule has 0 aliphatic heterocycles. The first-order valence-corrected chi connectivity index (χ1v) is 7.87. The molecule has 5 heteroatoms. The van der Waals surface area contributed by atoms with Crippen LogP contribution in [0.4, 0.5) is 5.69 Å². The standard InChI is InChI=1S/C18H26N4O/c1-12(11-17-13(2)20-22(6)14(17)3)19-18(23)15-7-9-16(10-8-15)21(4)5/h7-10,12H,11H2,1-6H3,(H,19,23)/t12-/m1/s1. The Bertz CT molecular complexity index is 686. The van der Waals surface area contributed by atoms with Gasteiger partial charge in [-0.25, -0.2) is 0 Å². The molecule has 2 rings (SSSR count). The molecule has 0 saturated carbocycles. The van der Waals surface area contributed by atoms with E-state index < -0.39 is 0 Å². The number of hydrogen-bond acceptors (Lipinski definition) is 3. The van der Waals surface area contributed by atoms with E-state index in [1.54, 1.807) is 0 Å². The van der Waals surface area contributed by atoms with Gasteiger partial charge in [-0.15, -0.1) is 0 Å². The number of aromatic nitrogens is 2. The SMILES string of the molecule is Cc1nn(C)c(C)c1C[C@@H](C)NC(=O)c1ccc(N(C)C)cc1. The minimum Gasteiger partial charge on any atom is -0.378 e. The van der Waals surface area contributed by atoms with Gasteiger partial charge in [-0.05, 0) is 57.0 Å². The van der Waals surface area contributed by atoms with E-state index >= 15 is 0 Å². The third-order valence-corrected chi connectivity index (χ3v) is 4.19. The number of carbonyl (C=O) groups is 1. The molecule has 0 saturated heterocycles. The maximum Gasteiger partial charge on any atom is 0.251 e. The van der Waals surface area contributed by atoms with Crippen molar-refractivity contribution in [2.45, 2.75) is 33.2 Å². The van der Waals surface area contributed by atoms with Crippen molar-refractivity contribution in [2.75, 3.05) is 19.0 Å². The normalized spacial score (nSPS) is 12.1. The molecule has 0 fully saturated rings. The Labute approximate surface area is 138 Å². The van der Waals surface area contributed by atoms with Gasteiger partial charge < -0.3 is 10.2 Å². The van der Waals surface area contributed by atoms with E-state index in [1.807, 2.05) is 68.8 Å². The second-order valence-corrected chi connectivity index (χ2v) is 6.29. The summed E-state index contributed by atoms with van der Waals surface area (Å²) >= 11 is 0. The number of hydrogen-bond donors (Lipinski definition) is 1. The van der Waals surface area contributed by atoms with Crippen LogP contribution in [-0.4, -0.2) is 35.8 Å². The molecule has 0 aliphatic rings. The molecule has 23 heavy (non-hydrogen) atoms. The summed E-state index contributed by atoms with van der Waals surface area (Å²) < 4.78 is 1.89. The van der Waals surface area contributed by atoms with Crippen LogP contribution in [0.15, 0.2) is 24.3 Å². The van der Waals surface area contributed by atoms with Crippen molar-refractivity contribution in [3.8, 4) is 0 Å². The summed E-state index contributed by atoms with van der Waals surface area (Å²) in [6, 6.07) is 7.68. The molecule has 5 nitrogen and oxygen atoms in total. The zero-order valence-corrected chi connectivity index (χ0v) is 14.8. The third-order valence-electron chi connectivity index (χ3n) is 4.19. The number of benzene rings is 1. The topological polar surface area (TPSA) is 50.2 Å². The second-order valence-electron chi connectivity index (χ2n) is 6.29. The quantitative estimate of drug-likeness (QED) is 0.922. The molecule has 1 amide bonds. The summed E-state index contributed by atoms with van der Waals surface area (Å²) in [5.41, 5.74) is 5.15. The monoisotopic (exact) mass is 314 g/mol. The van der Waals surface area contributed by atoms with Gasteiger partial charge in [0, 0.05) is 44.1 Å². The molecule has 124 valence electrons. The van der Waals surface area contributed by atoms with E-state index in [0.29, 0.717) is 5.56 Å². The van der Waals surface area contributed by atoms with Crippen molar-refractivity contribution in [3.63, 3.8) is 0 Å². The number of aryl methyl sites for hydroxylation is 2.